The number of hydrogen-bond acceptors (Lipinski definition) is 2. The standard InChI is InChI=1S/C17H24ClN3/c1-5-19-11-15(14-8-6-7-12(2)9-14)10-16-13(3)20-21(4)17(16)18/h6-9,15,19H,5,10-11H2,1-4H3. The van der Waals surface area contributed by atoms with E-state index in [-0.39, 0.29) is 0 Å². The Balaban J connectivity index is 2.28. The Morgan fingerprint density at radius 2 is 2.10 bits per heavy atom. The van der Waals surface area contributed by atoms with Crippen molar-refractivity contribution in [3.8, 4) is 0 Å². The molecule has 1 aromatic carbocycles. The molecule has 0 aliphatic heterocycles. The van der Waals surface area contributed by atoms with Gasteiger partial charge in [0.15, 0.2) is 0 Å². The monoisotopic (exact) mass is 305 g/mol. The van der Waals surface area contributed by atoms with Crippen LogP contribution in [0.2, 0.25) is 5.15 Å². The van der Waals surface area contributed by atoms with E-state index < -0.39 is 0 Å². The van der Waals surface area contributed by atoms with Gasteiger partial charge in [-0.15, -0.1) is 0 Å². The van der Waals surface area contributed by atoms with E-state index in [1.807, 2.05) is 14.0 Å². The second-order valence-electron chi connectivity index (χ2n) is 5.60. The number of hydrogen-bond donors (Lipinski definition) is 1. The van der Waals surface area contributed by atoms with Gasteiger partial charge < -0.3 is 5.32 Å². The number of aromatic nitrogens is 2. The molecule has 3 nitrogen and oxygen atoms in total. The molecule has 1 atom stereocenters. The van der Waals surface area contributed by atoms with Gasteiger partial charge in [0.2, 0.25) is 0 Å². The lowest BCUT2D eigenvalue weighted by Crippen LogP contribution is -2.23. The molecule has 1 unspecified atom stereocenters. The van der Waals surface area contributed by atoms with Gasteiger partial charge in [-0.3, -0.25) is 4.68 Å². The van der Waals surface area contributed by atoms with E-state index in [4.69, 9.17) is 11.6 Å². The van der Waals surface area contributed by atoms with Crippen LogP contribution in [0, 0.1) is 13.8 Å². The van der Waals surface area contributed by atoms with Crippen molar-refractivity contribution in [3.05, 3.63) is 51.8 Å². The van der Waals surface area contributed by atoms with Gasteiger partial charge in [0.1, 0.15) is 5.15 Å². The summed E-state index contributed by atoms with van der Waals surface area (Å²) in [4.78, 5) is 0. The Hall–Kier alpha value is -1.32. The average Bonchev–Trinajstić information content (AvgIpc) is 2.69. The fraction of sp³-hybridized carbons (Fsp3) is 0.471. The van der Waals surface area contributed by atoms with Crippen LogP contribution in [0.15, 0.2) is 24.3 Å². The van der Waals surface area contributed by atoms with E-state index in [9.17, 15) is 0 Å². The second-order valence-corrected chi connectivity index (χ2v) is 5.96. The van der Waals surface area contributed by atoms with Crippen LogP contribution < -0.4 is 5.32 Å². The first-order valence-corrected chi connectivity index (χ1v) is 7.86. The first-order chi connectivity index (χ1) is 10.0. The van der Waals surface area contributed by atoms with Crippen LogP contribution in [0.1, 0.15) is 35.2 Å². The van der Waals surface area contributed by atoms with E-state index in [1.54, 1.807) is 4.68 Å². The molecule has 21 heavy (non-hydrogen) atoms. The minimum Gasteiger partial charge on any atom is -0.316 e. The number of benzene rings is 1. The SMILES string of the molecule is CCNCC(Cc1c(C)nn(C)c1Cl)c1cccc(C)c1. The molecule has 0 saturated heterocycles. The molecular weight excluding hydrogens is 282 g/mol. The molecule has 114 valence electrons. The van der Waals surface area contributed by atoms with Gasteiger partial charge in [0.25, 0.3) is 0 Å². The van der Waals surface area contributed by atoms with Crippen LogP contribution in [0.25, 0.3) is 0 Å². The Bertz CT molecular complexity index is 604. The molecule has 0 spiro atoms. The van der Waals surface area contributed by atoms with E-state index in [0.29, 0.717) is 5.92 Å². The highest BCUT2D eigenvalue weighted by atomic mass is 35.5. The molecule has 0 fully saturated rings. The molecule has 4 heteroatoms. The van der Waals surface area contributed by atoms with Gasteiger partial charge in [-0.25, -0.2) is 0 Å². The third kappa shape index (κ3) is 3.86. The van der Waals surface area contributed by atoms with Crippen molar-refractivity contribution in [1.29, 1.82) is 0 Å². The Labute approximate surface area is 132 Å². The molecule has 0 bridgehead atoms. The van der Waals surface area contributed by atoms with Gasteiger partial charge in [-0.2, -0.15) is 5.10 Å². The van der Waals surface area contributed by atoms with E-state index >= 15 is 0 Å². The van der Waals surface area contributed by atoms with Gasteiger partial charge >= 0.3 is 0 Å². The maximum atomic E-state index is 6.39. The smallest absolute Gasteiger partial charge is 0.130 e. The number of nitrogens with one attached hydrogen (secondary N) is 1. The topological polar surface area (TPSA) is 29.9 Å². The molecule has 2 rings (SSSR count). The van der Waals surface area contributed by atoms with E-state index in [0.717, 1.165) is 35.9 Å². The summed E-state index contributed by atoms with van der Waals surface area (Å²) in [6, 6.07) is 8.73. The molecule has 2 aromatic rings. The molecule has 1 N–H and O–H groups in total. The van der Waals surface area contributed by atoms with Crippen LogP contribution in [-0.4, -0.2) is 22.9 Å². The predicted molar refractivity (Wildman–Crippen MR) is 89.1 cm³/mol. The molecular formula is C17H24ClN3. The fourth-order valence-corrected chi connectivity index (χ4v) is 2.95. The number of rotatable bonds is 6. The van der Waals surface area contributed by atoms with Crippen molar-refractivity contribution in [1.82, 2.24) is 15.1 Å². The molecule has 0 aliphatic carbocycles. The summed E-state index contributed by atoms with van der Waals surface area (Å²) in [6.45, 7) is 8.22. The van der Waals surface area contributed by atoms with Gasteiger partial charge in [-0.1, -0.05) is 48.4 Å². The summed E-state index contributed by atoms with van der Waals surface area (Å²) in [5.74, 6) is 0.408. The van der Waals surface area contributed by atoms with Crippen LogP contribution in [0.4, 0.5) is 0 Å². The highest BCUT2D eigenvalue weighted by Gasteiger charge is 2.18. The summed E-state index contributed by atoms with van der Waals surface area (Å²) in [6.07, 6.45) is 0.912. The van der Waals surface area contributed by atoms with Crippen molar-refractivity contribution in [3.63, 3.8) is 0 Å². The third-order valence-electron chi connectivity index (χ3n) is 3.87. The first-order valence-electron chi connectivity index (χ1n) is 7.48. The van der Waals surface area contributed by atoms with Crippen LogP contribution >= 0.6 is 11.6 Å². The normalized spacial score (nSPS) is 12.6. The zero-order valence-electron chi connectivity index (χ0n) is 13.3. The second kappa shape index (κ2) is 7.10. The highest BCUT2D eigenvalue weighted by molar-refractivity contribution is 6.30. The van der Waals surface area contributed by atoms with Crippen molar-refractivity contribution >= 4 is 11.6 Å². The van der Waals surface area contributed by atoms with Crippen LogP contribution in [-0.2, 0) is 13.5 Å². The molecule has 0 saturated carbocycles. The van der Waals surface area contributed by atoms with Crippen molar-refractivity contribution < 1.29 is 0 Å². The average molecular weight is 306 g/mol. The molecule has 0 aliphatic rings. The predicted octanol–water partition coefficient (Wildman–Crippen LogP) is 3.63. The van der Waals surface area contributed by atoms with Crippen molar-refractivity contribution in [2.75, 3.05) is 13.1 Å². The molecule has 0 amide bonds. The summed E-state index contributed by atoms with van der Waals surface area (Å²) >= 11 is 6.39. The zero-order chi connectivity index (χ0) is 15.4. The minimum absolute atomic E-state index is 0.408. The van der Waals surface area contributed by atoms with E-state index in [2.05, 4.69) is 48.5 Å². The molecule has 0 radical (unpaired) electrons. The highest BCUT2D eigenvalue weighted by Crippen LogP contribution is 2.27. The van der Waals surface area contributed by atoms with Crippen molar-refractivity contribution in [2.24, 2.45) is 7.05 Å². The van der Waals surface area contributed by atoms with Gasteiger partial charge in [0.05, 0.1) is 5.69 Å². The lowest BCUT2D eigenvalue weighted by atomic mass is 9.91. The maximum Gasteiger partial charge on any atom is 0.130 e. The lowest BCUT2D eigenvalue weighted by Gasteiger charge is -2.18. The summed E-state index contributed by atoms with van der Waals surface area (Å²) in [5, 5.41) is 8.63. The minimum atomic E-state index is 0.408. The summed E-state index contributed by atoms with van der Waals surface area (Å²) in [7, 11) is 1.89. The summed E-state index contributed by atoms with van der Waals surface area (Å²) in [5.41, 5.74) is 4.83. The fourth-order valence-electron chi connectivity index (χ4n) is 2.70. The lowest BCUT2D eigenvalue weighted by molar-refractivity contribution is 0.593. The Kier molecular flexibility index (Phi) is 5.43. The third-order valence-corrected chi connectivity index (χ3v) is 4.35. The first kappa shape index (κ1) is 16.1. The largest absolute Gasteiger partial charge is 0.316 e. The number of aryl methyl sites for hydroxylation is 3. The van der Waals surface area contributed by atoms with Crippen molar-refractivity contribution in [2.45, 2.75) is 33.1 Å². The molecule has 1 aromatic heterocycles. The van der Waals surface area contributed by atoms with E-state index in [1.165, 1.54) is 11.1 Å². The number of nitrogens with zero attached hydrogens (tertiary/aromatic N) is 2. The van der Waals surface area contributed by atoms with Gasteiger partial charge in [0, 0.05) is 25.1 Å². The Morgan fingerprint density at radius 3 is 2.67 bits per heavy atom. The Morgan fingerprint density at radius 1 is 1.33 bits per heavy atom. The van der Waals surface area contributed by atoms with Crippen LogP contribution in [0.5, 0.6) is 0 Å². The number of likely N-dealkylation sites (N-methyl/N-ethyl adjacent to an activating group) is 1. The molecule has 1 heterocycles. The quantitative estimate of drug-likeness (QED) is 0.883. The summed E-state index contributed by atoms with van der Waals surface area (Å²) < 4.78 is 1.76. The number of halogens is 1. The zero-order valence-corrected chi connectivity index (χ0v) is 14.0. The van der Waals surface area contributed by atoms with Gasteiger partial charge in [-0.05, 0) is 32.4 Å². The van der Waals surface area contributed by atoms with Crippen LogP contribution in [0.3, 0.4) is 0 Å². The maximum absolute atomic E-state index is 6.39.